The zero-order chi connectivity index (χ0) is 17.4. The summed E-state index contributed by atoms with van der Waals surface area (Å²) in [6.07, 6.45) is 1.18. The van der Waals surface area contributed by atoms with E-state index >= 15 is 0 Å². The first-order valence-corrected chi connectivity index (χ1v) is 8.04. The van der Waals surface area contributed by atoms with Gasteiger partial charge in [0.05, 0.1) is 6.10 Å². The Labute approximate surface area is 141 Å². The number of hydrogen-bond donors (Lipinski definition) is 2. The van der Waals surface area contributed by atoms with E-state index in [0.717, 1.165) is 24.0 Å². The molecule has 24 heavy (non-hydrogen) atoms. The fourth-order valence-corrected chi connectivity index (χ4v) is 2.43. The zero-order valence-corrected chi connectivity index (χ0v) is 13.7. The first kappa shape index (κ1) is 18.4. The first-order chi connectivity index (χ1) is 11.5. The van der Waals surface area contributed by atoms with Gasteiger partial charge >= 0.3 is 6.61 Å². The van der Waals surface area contributed by atoms with Gasteiger partial charge in [0, 0.05) is 12.6 Å². The number of halogens is 2. The third-order valence-electron chi connectivity index (χ3n) is 3.86. The number of aryl methyl sites for hydroxylation is 1. The molecule has 0 aliphatic rings. The molecule has 0 fully saturated rings. The molecule has 130 valence electrons. The molecule has 0 radical (unpaired) electrons. The van der Waals surface area contributed by atoms with Crippen molar-refractivity contribution in [3.05, 3.63) is 65.7 Å². The lowest BCUT2D eigenvalue weighted by molar-refractivity contribution is -0.0498. The molecule has 3 nitrogen and oxygen atoms in total. The molecule has 0 heterocycles. The summed E-state index contributed by atoms with van der Waals surface area (Å²) in [6.45, 7) is -0.241. The molecule has 2 N–H and O–H groups in total. The molecule has 0 amide bonds. The quantitative estimate of drug-likeness (QED) is 0.729. The minimum atomic E-state index is -2.80. The molecule has 2 unspecified atom stereocenters. The average Bonchev–Trinajstić information content (AvgIpc) is 2.59. The Morgan fingerprint density at radius 2 is 1.71 bits per heavy atom. The van der Waals surface area contributed by atoms with Crippen molar-refractivity contribution in [2.24, 2.45) is 0 Å². The van der Waals surface area contributed by atoms with Crippen molar-refractivity contribution in [2.45, 2.75) is 38.5 Å². The van der Waals surface area contributed by atoms with Crippen LogP contribution in [0.1, 0.15) is 30.6 Å². The third-order valence-corrected chi connectivity index (χ3v) is 3.86. The Bertz CT molecular complexity index is 590. The Morgan fingerprint density at radius 1 is 1.04 bits per heavy atom. The molecule has 0 aliphatic heterocycles. The van der Waals surface area contributed by atoms with Crippen molar-refractivity contribution >= 4 is 0 Å². The van der Waals surface area contributed by atoms with E-state index in [4.69, 9.17) is 0 Å². The first-order valence-electron chi connectivity index (χ1n) is 8.04. The smallest absolute Gasteiger partial charge is 0.387 e. The molecule has 0 aliphatic carbocycles. The van der Waals surface area contributed by atoms with Crippen LogP contribution in [0.3, 0.4) is 0 Å². The Kier molecular flexibility index (Phi) is 7.15. The van der Waals surface area contributed by atoms with Crippen molar-refractivity contribution in [2.75, 3.05) is 6.54 Å². The minimum Gasteiger partial charge on any atom is -0.435 e. The lowest BCUT2D eigenvalue weighted by atomic mass is 10.1. The van der Waals surface area contributed by atoms with Gasteiger partial charge in [-0.05, 0) is 43.0 Å². The second-order valence-corrected chi connectivity index (χ2v) is 5.80. The van der Waals surface area contributed by atoms with Crippen LogP contribution < -0.4 is 10.1 Å². The number of alkyl halides is 2. The normalized spacial score (nSPS) is 13.7. The van der Waals surface area contributed by atoms with Crippen molar-refractivity contribution in [1.29, 1.82) is 0 Å². The zero-order valence-electron chi connectivity index (χ0n) is 13.7. The van der Waals surface area contributed by atoms with E-state index < -0.39 is 12.7 Å². The van der Waals surface area contributed by atoms with Gasteiger partial charge in [-0.3, -0.25) is 0 Å². The largest absolute Gasteiger partial charge is 0.435 e. The van der Waals surface area contributed by atoms with Gasteiger partial charge in [-0.25, -0.2) is 0 Å². The summed E-state index contributed by atoms with van der Waals surface area (Å²) in [5, 5.41) is 13.4. The van der Waals surface area contributed by atoms with Gasteiger partial charge in [-0.2, -0.15) is 8.78 Å². The molecule has 2 aromatic carbocycles. The summed E-state index contributed by atoms with van der Waals surface area (Å²) >= 11 is 0. The van der Waals surface area contributed by atoms with Gasteiger partial charge in [0.25, 0.3) is 0 Å². The van der Waals surface area contributed by atoms with Crippen molar-refractivity contribution in [3.63, 3.8) is 0 Å². The minimum absolute atomic E-state index is 0.172. The maximum absolute atomic E-state index is 12.1. The number of aliphatic hydroxyl groups excluding tert-OH is 1. The topological polar surface area (TPSA) is 41.5 Å². The molecule has 5 heteroatoms. The van der Waals surface area contributed by atoms with E-state index in [9.17, 15) is 13.9 Å². The molecule has 0 bridgehead atoms. The summed E-state index contributed by atoms with van der Waals surface area (Å²) in [7, 11) is 0. The number of benzene rings is 2. The van der Waals surface area contributed by atoms with E-state index in [1.165, 1.54) is 0 Å². The van der Waals surface area contributed by atoms with Crippen LogP contribution in [0.15, 0.2) is 54.6 Å². The molecule has 2 aromatic rings. The highest BCUT2D eigenvalue weighted by Crippen LogP contribution is 2.16. The van der Waals surface area contributed by atoms with Crippen LogP contribution in [0.4, 0.5) is 8.78 Å². The Morgan fingerprint density at radius 3 is 2.33 bits per heavy atom. The summed E-state index contributed by atoms with van der Waals surface area (Å²) in [6, 6.07) is 16.5. The standard InChI is InChI=1S/C19H23F2NO2/c1-14(22-13-18(23)16-5-3-2-4-6-16)7-8-15-9-11-17(12-10-15)24-19(20)21/h2-6,9-12,14,18-19,22-23H,7-8,13H2,1H3. The molecule has 0 spiro atoms. The van der Waals surface area contributed by atoms with Gasteiger partial charge in [-0.1, -0.05) is 42.5 Å². The third kappa shape index (κ3) is 6.26. The van der Waals surface area contributed by atoms with Crippen LogP contribution in [0.5, 0.6) is 5.75 Å². The molecule has 2 rings (SSSR count). The predicted molar refractivity (Wildman–Crippen MR) is 90.3 cm³/mol. The van der Waals surface area contributed by atoms with Crippen LogP contribution in [-0.4, -0.2) is 24.3 Å². The highest BCUT2D eigenvalue weighted by Gasteiger charge is 2.09. The lowest BCUT2D eigenvalue weighted by Crippen LogP contribution is -2.30. The maximum atomic E-state index is 12.1. The van der Waals surface area contributed by atoms with Crippen LogP contribution in [0.2, 0.25) is 0 Å². The summed E-state index contributed by atoms with van der Waals surface area (Å²) in [5.41, 5.74) is 1.96. The summed E-state index contributed by atoms with van der Waals surface area (Å²) in [5.74, 6) is 0.172. The van der Waals surface area contributed by atoms with Gasteiger partial charge < -0.3 is 15.2 Å². The van der Waals surface area contributed by atoms with Gasteiger partial charge in [0.2, 0.25) is 0 Å². The average molecular weight is 335 g/mol. The van der Waals surface area contributed by atoms with Crippen molar-refractivity contribution in [1.82, 2.24) is 5.32 Å². The molecular formula is C19H23F2NO2. The van der Waals surface area contributed by atoms with Crippen LogP contribution in [0, 0.1) is 0 Å². The van der Waals surface area contributed by atoms with E-state index in [-0.39, 0.29) is 11.8 Å². The Hall–Kier alpha value is -1.98. The number of hydrogen-bond acceptors (Lipinski definition) is 3. The van der Waals surface area contributed by atoms with Crippen molar-refractivity contribution in [3.8, 4) is 5.75 Å². The highest BCUT2D eigenvalue weighted by molar-refractivity contribution is 5.27. The van der Waals surface area contributed by atoms with Gasteiger partial charge in [0.15, 0.2) is 0 Å². The van der Waals surface area contributed by atoms with Crippen LogP contribution >= 0.6 is 0 Å². The van der Waals surface area contributed by atoms with E-state index in [1.807, 2.05) is 30.3 Å². The van der Waals surface area contributed by atoms with Gasteiger partial charge in [0.1, 0.15) is 5.75 Å². The molecule has 0 aromatic heterocycles. The lowest BCUT2D eigenvalue weighted by Gasteiger charge is -2.17. The van der Waals surface area contributed by atoms with Crippen LogP contribution in [0.25, 0.3) is 0 Å². The second kappa shape index (κ2) is 9.35. The predicted octanol–water partition coefficient (Wildman–Crippen LogP) is 3.93. The van der Waals surface area contributed by atoms with Crippen LogP contribution in [-0.2, 0) is 6.42 Å². The Balaban J connectivity index is 1.72. The fourth-order valence-electron chi connectivity index (χ4n) is 2.43. The molecule has 2 atom stereocenters. The maximum Gasteiger partial charge on any atom is 0.387 e. The number of aliphatic hydroxyl groups is 1. The monoisotopic (exact) mass is 335 g/mol. The molecule has 0 saturated carbocycles. The molecule has 0 saturated heterocycles. The number of rotatable bonds is 9. The molecular weight excluding hydrogens is 312 g/mol. The van der Waals surface area contributed by atoms with E-state index in [0.29, 0.717) is 6.54 Å². The summed E-state index contributed by atoms with van der Waals surface area (Å²) in [4.78, 5) is 0. The number of nitrogens with one attached hydrogen (secondary N) is 1. The summed E-state index contributed by atoms with van der Waals surface area (Å²) < 4.78 is 28.5. The van der Waals surface area contributed by atoms with E-state index in [2.05, 4.69) is 17.0 Å². The highest BCUT2D eigenvalue weighted by atomic mass is 19.3. The number of ether oxygens (including phenoxy) is 1. The fraction of sp³-hybridized carbons (Fsp3) is 0.368. The van der Waals surface area contributed by atoms with E-state index in [1.54, 1.807) is 24.3 Å². The SMILES string of the molecule is CC(CCc1ccc(OC(F)F)cc1)NCC(O)c1ccccc1. The van der Waals surface area contributed by atoms with Gasteiger partial charge in [-0.15, -0.1) is 0 Å². The second-order valence-electron chi connectivity index (χ2n) is 5.80. The van der Waals surface area contributed by atoms with Crippen molar-refractivity contribution < 1.29 is 18.6 Å².